The van der Waals surface area contributed by atoms with Crippen molar-refractivity contribution < 1.29 is 9.53 Å². The van der Waals surface area contributed by atoms with Crippen LogP contribution in [0.15, 0.2) is 36.9 Å². The van der Waals surface area contributed by atoms with Crippen LogP contribution in [0, 0.1) is 0 Å². The molecular formula is C15H18N4O2. The summed E-state index contributed by atoms with van der Waals surface area (Å²) in [6, 6.07) is 3.69. The average Bonchev–Trinajstić information content (AvgIpc) is 3.17. The van der Waals surface area contributed by atoms with Gasteiger partial charge in [-0.15, -0.1) is 0 Å². The van der Waals surface area contributed by atoms with Gasteiger partial charge < -0.3 is 14.6 Å². The van der Waals surface area contributed by atoms with Crippen LogP contribution >= 0.6 is 0 Å². The van der Waals surface area contributed by atoms with Crippen molar-refractivity contribution in [2.24, 2.45) is 0 Å². The van der Waals surface area contributed by atoms with Crippen LogP contribution in [0.25, 0.3) is 0 Å². The summed E-state index contributed by atoms with van der Waals surface area (Å²) >= 11 is 0. The molecule has 0 saturated carbocycles. The molecule has 2 aromatic heterocycles. The van der Waals surface area contributed by atoms with Crippen LogP contribution < -0.4 is 0 Å². The summed E-state index contributed by atoms with van der Waals surface area (Å²) in [6.07, 6.45) is 8.09. The third-order valence-corrected chi connectivity index (χ3v) is 3.86. The number of likely N-dealkylation sites (tertiary alicyclic amines) is 1. The largest absolute Gasteiger partial charge is 0.380 e. The van der Waals surface area contributed by atoms with E-state index in [1.165, 1.54) is 0 Å². The minimum atomic E-state index is -0.0423. The lowest BCUT2D eigenvalue weighted by molar-refractivity contribution is -0.131. The van der Waals surface area contributed by atoms with Crippen molar-refractivity contribution in [1.29, 1.82) is 0 Å². The number of amides is 1. The van der Waals surface area contributed by atoms with E-state index >= 15 is 0 Å². The number of H-pyrrole nitrogens is 1. The monoisotopic (exact) mass is 286 g/mol. The van der Waals surface area contributed by atoms with Gasteiger partial charge in [-0.1, -0.05) is 0 Å². The van der Waals surface area contributed by atoms with Gasteiger partial charge >= 0.3 is 0 Å². The molecule has 1 fully saturated rings. The fourth-order valence-corrected chi connectivity index (χ4v) is 2.74. The number of carbonyl (C=O) groups excluding carboxylic acids is 1. The quantitative estimate of drug-likeness (QED) is 0.920. The van der Waals surface area contributed by atoms with Gasteiger partial charge in [-0.05, 0) is 17.7 Å². The van der Waals surface area contributed by atoms with Crippen LogP contribution in [0.5, 0.6) is 0 Å². The van der Waals surface area contributed by atoms with E-state index in [1.807, 2.05) is 17.0 Å². The van der Waals surface area contributed by atoms with Crippen molar-refractivity contribution in [3.8, 4) is 0 Å². The van der Waals surface area contributed by atoms with Crippen LogP contribution in [-0.4, -0.2) is 45.5 Å². The number of pyridine rings is 1. The van der Waals surface area contributed by atoms with Crippen LogP contribution in [0.4, 0.5) is 0 Å². The molecule has 1 aliphatic heterocycles. The first kappa shape index (κ1) is 13.8. The highest BCUT2D eigenvalue weighted by atomic mass is 16.5. The zero-order valence-corrected chi connectivity index (χ0v) is 11.9. The van der Waals surface area contributed by atoms with Gasteiger partial charge in [-0.3, -0.25) is 9.78 Å². The summed E-state index contributed by atoms with van der Waals surface area (Å²) in [5.41, 5.74) is 0.967. The standard InChI is InChI=1S/C15H18N4O2/c1-21-12-9-13(15-17-6-7-18-15)19(10-12)14(20)8-11-2-4-16-5-3-11/h2-7,12-13H,8-10H2,1H3,(H,17,18)/t12-,13?/m1/s1. The van der Waals surface area contributed by atoms with Crippen molar-refractivity contribution in [3.05, 3.63) is 48.3 Å². The van der Waals surface area contributed by atoms with E-state index in [4.69, 9.17) is 4.74 Å². The first-order valence-electron chi connectivity index (χ1n) is 6.98. The molecule has 0 aromatic carbocycles. The van der Waals surface area contributed by atoms with Crippen LogP contribution in [-0.2, 0) is 16.0 Å². The maximum absolute atomic E-state index is 12.6. The molecule has 6 heteroatoms. The molecule has 110 valence electrons. The minimum Gasteiger partial charge on any atom is -0.380 e. The molecule has 1 amide bonds. The second kappa shape index (κ2) is 6.05. The number of aromatic nitrogens is 3. The molecule has 0 bridgehead atoms. The number of imidazole rings is 1. The predicted molar refractivity (Wildman–Crippen MR) is 76.4 cm³/mol. The number of nitrogens with zero attached hydrogens (tertiary/aromatic N) is 3. The van der Waals surface area contributed by atoms with E-state index in [0.717, 1.165) is 17.8 Å². The van der Waals surface area contributed by atoms with Crippen molar-refractivity contribution in [3.63, 3.8) is 0 Å². The number of aromatic amines is 1. The predicted octanol–water partition coefficient (Wildman–Crippen LogP) is 1.34. The summed E-state index contributed by atoms with van der Waals surface area (Å²) < 4.78 is 5.42. The molecule has 0 spiro atoms. The van der Waals surface area contributed by atoms with Crippen molar-refractivity contribution in [1.82, 2.24) is 19.9 Å². The Labute approximate surface area is 123 Å². The van der Waals surface area contributed by atoms with Gasteiger partial charge in [-0.25, -0.2) is 4.98 Å². The summed E-state index contributed by atoms with van der Waals surface area (Å²) in [4.78, 5) is 25.8. The molecule has 1 N–H and O–H groups in total. The SMILES string of the molecule is CO[C@@H]1CC(c2ncc[nH]2)N(C(=O)Cc2ccncc2)C1. The van der Waals surface area contributed by atoms with Crippen molar-refractivity contribution in [2.45, 2.75) is 25.0 Å². The van der Waals surface area contributed by atoms with Gasteiger partial charge in [0.05, 0.1) is 18.6 Å². The number of hydrogen-bond acceptors (Lipinski definition) is 4. The Bertz CT molecular complexity index is 585. The van der Waals surface area contributed by atoms with Crippen molar-refractivity contribution >= 4 is 5.91 Å². The average molecular weight is 286 g/mol. The fraction of sp³-hybridized carbons (Fsp3) is 0.400. The van der Waals surface area contributed by atoms with Crippen molar-refractivity contribution in [2.75, 3.05) is 13.7 Å². The molecule has 2 atom stereocenters. The Hall–Kier alpha value is -2.21. The molecule has 0 aliphatic carbocycles. The van der Waals surface area contributed by atoms with Gasteiger partial charge in [0.1, 0.15) is 5.82 Å². The highest BCUT2D eigenvalue weighted by Gasteiger charge is 2.37. The zero-order valence-electron chi connectivity index (χ0n) is 11.9. The first-order valence-corrected chi connectivity index (χ1v) is 6.98. The summed E-state index contributed by atoms with van der Waals surface area (Å²) in [7, 11) is 1.68. The summed E-state index contributed by atoms with van der Waals surface area (Å²) in [5.74, 6) is 0.903. The van der Waals surface area contributed by atoms with E-state index in [2.05, 4.69) is 15.0 Å². The number of hydrogen-bond donors (Lipinski definition) is 1. The second-order valence-electron chi connectivity index (χ2n) is 5.16. The van der Waals surface area contributed by atoms with Crippen LogP contribution in [0.2, 0.25) is 0 Å². The van der Waals surface area contributed by atoms with E-state index in [0.29, 0.717) is 13.0 Å². The Balaban J connectivity index is 1.76. The highest BCUT2D eigenvalue weighted by Crippen LogP contribution is 2.31. The normalized spacial score (nSPS) is 21.7. The number of nitrogens with one attached hydrogen (secondary N) is 1. The molecule has 1 saturated heterocycles. The molecule has 0 radical (unpaired) electrons. The Morgan fingerprint density at radius 3 is 2.90 bits per heavy atom. The maximum Gasteiger partial charge on any atom is 0.227 e. The third-order valence-electron chi connectivity index (χ3n) is 3.86. The Kier molecular flexibility index (Phi) is 3.96. The molecule has 3 rings (SSSR count). The lowest BCUT2D eigenvalue weighted by Gasteiger charge is -2.23. The van der Waals surface area contributed by atoms with E-state index in [-0.39, 0.29) is 18.1 Å². The number of rotatable bonds is 4. The lowest BCUT2D eigenvalue weighted by atomic mass is 10.1. The van der Waals surface area contributed by atoms with Gasteiger partial charge in [0.15, 0.2) is 0 Å². The first-order chi connectivity index (χ1) is 10.3. The van der Waals surface area contributed by atoms with Gasteiger partial charge in [0, 0.05) is 44.9 Å². The molecule has 2 aromatic rings. The topological polar surface area (TPSA) is 71.1 Å². The maximum atomic E-state index is 12.6. The number of ether oxygens (including phenoxy) is 1. The van der Waals surface area contributed by atoms with E-state index in [9.17, 15) is 4.79 Å². The number of carbonyl (C=O) groups is 1. The van der Waals surface area contributed by atoms with Gasteiger partial charge in [0.25, 0.3) is 0 Å². The molecular weight excluding hydrogens is 268 g/mol. The second-order valence-corrected chi connectivity index (χ2v) is 5.16. The highest BCUT2D eigenvalue weighted by molar-refractivity contribution is 5.79. The Morgan fingerprint density at radius 1 is 1.43 bits per heavy atom. The zero-order chi connectivity index (χ0) is 14.7. The van der Waals surface area contributed by atoms with Gasteiger partial charge in [0.2, 0.25) is 5.91 Å². The third kappa shape index (κ3) is 2.95. The van der Waals surface area contributed by atoms with E-state index in [1.54, 1.807) is 31.9 Å². The minimum absolute atomic E-state index is 0.0423. The van der Waals surface area contributed by atoms with Crippen LogP contribution in [0.1, 0.15) is 23.9 Å². The molecule has 1 aliphatic rings. The molecule has 3 heterocycles. The Morgan fingerprint density at radius 2 is 2.24 bits per heavy atom. The van der Waals surface area contributed by atoms with Gasteiger partial charge in [-0.2, -0.15) is 0 Å². The lowest BCUT2D eigenvalue weighted by Crippen LogP contribution is -2.33. The van der Waals surface area contributed by atoms with Crippen LogP contribution in [0.3, 0.4) is 0 Å². The summed E-state index contributed by atoms with van der Waals surface area (Å²) in [6.45, 7) is 0.603. The molecule has 1 unspecified atom stereocenters. The fourth-order valence-electron chi connectivity index (χ4n) is 2.74. The summed E-state index contributed by atoms with van der Waals surface area (Å²) in [5, 5.41) is 0. The number of methoxy groups -OCH3 is 1. The molecule has 21 heavy (non-hydrogen) atoms. The smallest absolute Gasteiger partial charge is 0.227 e. The van der Waals surface area contributed by atoms with E-state index < -0.39 is 0 Å². The molecule has 6 nitrogen and oxygen atoms in total.